The van der Waals surface area contributed by atoms with E-state index >= 15 is 0 Å². The Labute approximate surface area is 117 Å². The molecule has 1 aliphatic carbocycles. The van der Waals surface area contributed by atoms with Gasteiger partial charge in [-0.15, -0.1) is 0 Å². The van der Waals surface area contributed by atoms with Crippen molar-refractivity contribution in [2.45, 2.75) is 65.7 Å². The molecule has 0 spiro atoms. The fraction of sp³-hybridized carbons (Fsp3) is 0.875. The lowest BCUT2D eigenvalue weighted by Gasteiger charge is -2.43. The number of carbonyl (C=O) groups excluding carboxylic acids is 1. The van der Waals surface area contributed by atoms with Crippen molar-refractivity contribution >= 4 is 5.97 Å². The maximum atomic E-state index is 12.1. The van der Waals surface area contributed by atoms with Gasteiger partial charge < -0.3 is 4.74 Å². The first kappa shape index (κ1) is 16.0. The van der Waals surface area contributed by atoms with E-state index in [1.807, 2.05) is 0 Å². The number of nitriles is 1. The molecule has 0 aliphatic heterocycles. The second-order valence-corrected chi connectivity index (χ2v) is 5.59. The first-order valence-electron chi connectivity index (χ1n) is 7.72. The van der Waals surface area contributed by atoms with Gasteiger partial charge in [-0.3, -0.25) is 4.79 Å². The van der Waals surface area contributed by atoms with Gasteiger partial charge in [0, 0.05) is 0 Å². The third-order valence-corrected chi connectivity index (χ3v) is 4.96. The molecule has 0 radical (unpaired) electrons. The Morgan fingerprint density at radius 1 is 1.26 bits per heavy atom. The molecule has 1 aliphatic rings. The highest BCUT2D eigenvalue weighted by atomic mass is 16.5. The summed E-state index contributed by atoms with van der Waals surface area (Å²) in [4.78, 5) is 12.1. The van der Waals surface area contributed by atoms with Crippen molar-refractivity contribution in [3.8, 4) is 6.07 Å². The minimum absolute atomic E-state index is 0.193. The SMILES string of the molecule is CCOC(=O)C(C#N)C(CC)(CC)C1CCCCC1. The molecule has 19 heavy (non-hydrogen) atoms. The standard InChI is InChI=1S/C16H27NO2/c1-4-16(5-2,13-10-8-7-9-11-13)14(12-17)15(18)19-6-3/h13-14H,4-11H2,1-3H3. The predicted molar refractivity (Wildman–Crippen MR) is 75.3 cm³/mol. The topological polar surface area (TPSA) is 50.1 Å². The molecular formula is C16H27NO2. The van der Waals surface area contributed by atoms with Crippen molar-refractivity contribution in [3.05, 3.63) is 0 Å². The van der Waals surface area contributed by atoms with E-state index in [2.05, 4.69) is 19.9 Å². The van der Waals surface area contributed by atoms with Gasteiger partial charge in [0.2, 0.25) is 0 Å². The van der Waals surface area contributed by atoms with E-state index in [9.17, 15) is 10.1 Å². The Morgan fingerprint density at radius 3 is 2.26 bits per heavy atom. The monoisotopic (exact) mass is 265 g/mol. The molecule has 108 valence electrons. The van der Waals surface area contributed by atoms with Gasteiger partial charge in [0.25, 0.3) is 0 Å². The molecule has 0 amide bonds. The van der Waals surface area contributed by atoms with Crippen LogP contribution in [0.15, 0.2) is 0 Å². The van der Waals surface area contributed by atoms with Crippen LogP contribution in [0.5, 0.6) is 0 Å². The molecule has 0 aromatic heterocycles. The Balaban J connectivity index is 3.00. The van der Waals surface area contributed by atoms with Crippen LogP contribution in [0, 0.1) is 28.6 Å². The maximum absolute atomic E-state index is 12.1. The van der Waals surface area contributed by atoms with Crippen molar-refractivity contribution in [2.75, 3.05) is 6.61 Å². The zero-order valence-corrected chi connectivity index (χ0v) is 12.6. The van der Waals surface area contributed by atoms with E-state index in [1.54, 1.807) is 6.92 Å². The smallest absolute Gasteiger partial charge is 0.323 e. The van der Waals surface area contributed by atoms with Gasteiger partial charge in [-0.2, -0.15) is 5.26 Å². The average Bonchev–Trinajstić information content (AvgIpc) is 2.46. The molecule has 0 heterocycles. The van der Waals surface area contributed by atoms with Crippen LogP contribution in [0.3, 0.4) is 0 Å². The Bertz CT molecular complexity index is 322. The summed E-state index contributed by atoms with van der Waals surface area (Å²) in [6.07, 6.45) is 7.81. The van der Waals surface area contributed by atoms with Gasteiger partial charge in [-0.25, -0.2) is 0 Å². The third-order valence-electron chi connectivity index (χ3n) is 4.96. The molecule has 1 unspecified atom stereocenters. The minimum atomic E-state index is -0.606. The summed E-state index contributed by atoms with van der Waals surface area (Å²) in [5.74, 6) is -0.435. The summed E-state index contributed by atoms with van der Waals surface area (Å²) in [5, 5.41) is 9.50. The molecule has 3 nitrogen and oxygen atoms in total. The minimum Gasteiger partial charge on any atom is -0.465 e. The van der Waals surface area contributed by atoms with Crippen LogP contribution < -0.4 is 0 Å². The molecule has 0 aromatic carbocycles. The first-order valence-corrected chi connectivity index (χ1v) is 7.72. The normalized spacial score (nSPS) is 18.6. The number of nitrogens with zero attached hydrogens (tertiary/aromatic N) is 1. The second-order valence-electron chi connectivity index (χ2n) is 5.59. The highest BCUT2D eigenvalue weighted by Gasteiger charge is 2.47. The highest BCUT2D eigenvalue weighted by Crippen LogP contribution is 2.49. The highest BCUT2D eigenvalue weighted by molar-refractivity contribution is 5.76. The van der Waals surface area contributed by atoms with Crippen LogP contribution in [-0.2, 0) is 9.53 Å². The lowest BCUT2D eigenvalue weighted by molar-refractivity contribution is -0.152. The van der Waals surface area contributed by atoms with Gasteiger partial charge in [-0.1, -0.05) is 33.1 Å². The summed E-state index contributed by atoms with van der Waals surface area (Å²) in [7, 11) is 0. The summed E-state index contributed by atoms with van der Waals surface area (Å²) < 4.78 is 5.13. The van der Waals surface area contributed by atoms with Gasteiger partial charge in [0.1, 0.15) is 5.92 Å². The summed E-state index contributed by atoms with van der Waals surface area (Å²) in [5.41, 5.74) is -0.193. The van der Waals surface area contributed by atoms with E-state index in [1.165, 1.54) is 19.3 Å². The van der Waals surface area contributed by atoms with Crippen LogP contribution >= 0.6 is 0 Å². The number of rotatable bonds is 6. The van der Waals surface area contributed by atoms with Crippen molar-refractivity contribution in [2.24, 2.45) is 17.3 Å². The second kappa shape index (κ2) is 7.53. The van der Waals surface area contributed by atoms with E-state index in [0.717, 1.165) is 25.7 Å². The largest absolute Gasteiger partial charge is 0.465 e. The van der Waals surface area contributed by atoms with E-state index < -0.39 is 5.92 Å². The Kier molecular flexibility index (Phi) is 6.34. The summed E-state index contributed by atoms with van der Waals surface area (Å²) >= 11 is 0. The molecule has 3 heteroatoms. The van der Waals surface area contributed by atoms with Gasteiger partial charge in [0.15, 0.2) is 0 Å². The van der Waals surface area contributed by atoms with Gasteiger partial charge >= 0.3 is 5.97 Å². The summed E-state index contributed by atoms with van der Waals surface area (Å²) in [6.45, 7) is 6.38. The van der Waals surface area contributed by atoms with Crippen molar-refractivity contribution in [1.82, 2.24) is 0 Å². The predicted octanol–water partition coefficient (Wildman–Crippen LogP) is 4.08. The van der Waals surface area contributed by atoms with E-state index in [-0.39, 0.29) is 11.4 Å². The quantitative estimate of drug-likeness (QED) is 0.680. The van der Waals surface area contributed by atoms with Crippen LogP contribution in [-0.4, -0.2) is 12.6 Å². The van der Waals surface area contributed by atoms with Gasteiger partial charge in [0.05, 0.1) is 12.7 Å². The van der Waals surface area contributed by atoms with Crippen LogP contribution in [0.2, 0.25) is 0 Å². The van der Waals surface area contributed by atoms with Crippen LogP contribution in [0.1, 0.15) is 65.7 Å². The molecule has 1 atom stereocenters. The molecule has 1 rings (SSSR count). The molecule has 0 aromatic rings. The fourth-order valence-electron chi connectivity index (χ4n) is 3.79. The number of hydrogen-bond acceptors (Lipinski definition) is 3. The molecule has 0 saturated heterocycles. The third kappa shape index (κ3) is 3.29. The van der Waals surface area contributed by atoms with Crippen molar-refractivity contribution < 1.29 is 9.53 Å². The van der Waals surface area contributed by atoms with E-state index in [4.69, 9.17) is 4.74 Å². The lowest BCUT2D eigenvalue weighted by Crippen LogP contribution is -2.42. The molecule has 0 N–H and O–H groups in total. The number of hydrogen-bond donors (Lipinski definition) is 0. The van der Waals surface area contributed by atoms with Crippen LogP contribution in [0.25, 0.3) is 0 Å². The maximum Gasteiger partial charge on any atom is 0.323 e. The molecule has 0 bridgehead atoms. The van der Waals surface area contributed by atoms with Crippen molar-refractivity contribution in [1.29, 1.82) is 5.26 Å². The number of carbonyl (C=O) groups is 1. The van der Waals surface area contributed by atoms with Gasteiger partial charge in [-0.05, 0) is 43.9 Å². The zero-order chi connectivity index (χ0) is 14.3. The lowest BCUT2D eigenvalue weighted by atomic mass is 9.59. The molecule has 1 saturated carbocycles. The summed E-state index contributed by atoms with van der Waals surface area (Å²) in [6, 6.07) is 2.25. The zero-order valence-electron chi connectivity index (χ0n) is 12.6. The molecular weight excluding hydrogens is 238 g/mol. The Morgan fingerprint density at radius 2 is 1.84 bits per heavy atom. The Hall–Kier alpha value is -1.04. The number of ether oxygens (including phenoxy) is 1. The first-order chi connectivity index (χ1) is 9.16. The van der Waals surface area contributed by atoms with E-state index in [0.29, 0.717) is 12.5 Å². The fourth-order valence-corrected chi connectivity index (χ4v) is 3.79. The average molecular weight is 265 g/mol. The molecule has 1 fully saturated rings. The van der Waals surface area contributed by atoms with Crippen molar-refractivity contribution in [3.63, 3.8) is 0 Å². The van der Waals surface area contributed by atoms with Crippen LogP contribution in [0.4, 0.5) is 0 Å². The number of esters is 1.